The molecule has 25 heavy (non-hydrogen) atoms. The van der Waals surface area contributed by atoms with E-state index >= 15 is 0 Å². The number of para-hydroxylation sites is 1. The molecule has 0 radical (unpaired) electrons. The molecular weight excluding hydrogens is 334 g/mol. The molecule has 2 aromatic rings. The number of aromatic nitrogens is 1. The summed E-state index contributed by atoms with van der Waals surface area (Å²) in [5.41, 5.74) is 0.994. The molecule has 1 fully saturated rings. The van der Waals surface area contributed by atoms with Crippen molar-refractivity contribution in [1.82, 2.24) is 14.8 Å². The van der Waals surface area contributed by atoms with Crippen LogP contribution in [0.3, 0.4) is 0 Å². The van der Waals surface area contributed by atoms with Crippen LogP contribution in [0.2, 0.25) is 0 Å². The van der Waals surface area contributed by atoms with Crippen molar-refractivity contribution in [2.24, 2.45) is 11.8 Å². The van der Waals surface area contributed by atoms with Crippen LogP contribution in [0.4, 0.5) is 0 Å². The average molecular weight is 355 g/mol. The number of rotatable bonds is 4. The molecule has 1 saturated heterocycles. The topological polar surface area (TPSA) is 53.5 Å². The van der Waals surface area contributed by atoms with Crippen LogP contribution < -0.4 is 0 Å². The zero-order valence-corrected chi connectivity index (χ0v) is 15.2. The van der Waals surface area contributed by atoms with Crippen molar-refractivity contribution in [1.29, 1.82) is 0 Å². The Labute approximate surface area is 150 Å². The highest BCUT2D eigenvalue weighted by molar-refractivity contribution is 7.18. The lowest BCUT2D eigenvalue weighted by Gasteiger charge is -2.27. The van der Waals surface area contributed by atoms with E-state index in [1.54, 1.807) is 11.3 Å². The fourth-order valence-corrected chi connectivity index (χ4v) is 4.70. The summed E-state index contributed by atoms with van der Waals surface area (Å²) in [5, 5.41) is 1.00. The lowest BCUT2D eigenvalue weighted by atomic mass is 9.85. The van der Waals surface area contributed by atoms with Gasteiger partial charge in [-0.2, -0.15) is 0 Å². The molecule has 1 aromatic carbocycles. The first-order valence-electron chi connectivity index (χ1n) is 8.62. The number of benzene rings is 1. The molecule has 2 heterocycles. The first kappa shape index (κ1) is 16.4. The Hall–Kier alpha value is -2.05. The number of nitrogens with zero attached hydrogens (tertiary/aromatic N) is 3. The summed E-state index contributed by atoms with van der Waals surface area (Å²) in [7, 11) is 1.94. The van der Waals surface area contributed by atoms with Crippen molar-refractivity contribution >= 4 is 33.4 Å². The second-order valence-corrected chi connectivity index (χ2v) is 7.92. The predicted octanol–water partition coefficient (Wildman–Crippen LogP) is 3.20. The van der Waals surface area contributed by atoms with Gasteiger partial charge in [-0.25, -0.2) is 4.98 Å². The molecule has 0 N–H and O–H groups in total. The maximum absolute atomic E-state index is 12.6. The number of likely N-dealkylation sites (tertiary alicyclic amines) is 1. The van der Waals surface area contributed by atoms with Crippen LogP contribution >= 0.6 is 11.3 Å². The zero-order valence-electron chi connectivity index (χ0n) is 14.4. The lowest BCUT2D eigenvalue weighted by Crippen LogP contribution is -2.41. The summed E-state index contributed by atoms with van der Waals surface area (Å²) in [5.74, 6) is -0.377. The summed E-state index contributed by atoms with van der Waals surface area (Å²) in [6, 6.07) is 8.11. The van der Waals surface area contributed by atoms with E-state index in [-0.39, 0.29) is 29.7 Å². The van der Waals surface area contributed by atoms with Crippen LogP contribution in [0.25, 0.3) is 10.2 Å². The van der Waals surface area contributed by atoms with Crippen LogP contribution in [0.1, 0.15) is 30.8 Å². The number of thiazole rings is 1. The molecule has 4 rings (SSSR count). The highest BCUT2D eigenvalue weighted by Gasteiger charge is 2.47. The van der Waals surface area contributed by atoms with Crippen LogP contribution in [-0.2, 0) is 9.59 Å². The van der Waals surface area contributed by atoms with E-state index in [0.29, 0.717) is 19.5 Å². The molecule has 2 amide bonds. The number of carbonyl (C=O) groups excluding carboxylic acids is 2. The number of hydrogen-bond acceptors (Lipinski definition) is 5. The van der Waals surface area contributed by atoms with Crippen molar-refractivity contribution in [2.75, 3.05) is 13.7 Å². The van der Waals surface area contributed by atoms with Crippen molar-refractivity contribution in [3.63, 3.8) is 0 Å². The molecule has 130 valence electrons. The summed E-state index contributed by atoms with van der Waals surface area (Å²) >= 11 is 1.66. The third kappa shape index (κ3) is 2.79. The van der Waals surface area contributed by atoms with E-state index in [4.69, 9.17) is 4.98 Å². The summed E-state index contributed by atoms with van der Waals surface area (Å²) < 4.78 is 1.16. The van der Waals surface area contributed by atoms with Gasteiger partial charge in [0.05, 0.1) is 34.8 Å². The van der Waals surface area contributed by atoms with E-state index < -0.39 is 0 Å². The third-order valence-corrected chi connectivity index (χ3v) is 6.50. The Morgan fingerprint density at radius 1 is 1.20 bits per heavy atom. The van der Waals surface area contributed by atoms with Crippen LogP contribution in [0.5, 0.6) is 0 Å². The Morgan fingerprint density at radius 3 is 2.48 bits per heavy atom. The fraction of sp³-hybridized carbons (Fsp3) is 0.421. The van der Waals surface area contributed by atoms with Gasteiger partial charge in [0.1, 0.15) is 5.01 Å². The van der Waals surface area contributed by atoms with Gasteiger partial charge in [0.25, 0.3) is 0 Å². The minimum atomic E-state index is -0.163. The number of carbonyl (C=O) groups is 2. The van der Waals surface area contributed by atoms with Gasteiger partial charge in [0.2, 0.25) is 11.8 Å². The van der Waals surface area contributed by atoms with E-state index in [1.165, 1.54) is 4.90 Å². The van der Waals surface area contributed by atoms with Crippen LogP contribution in [0, 0.1) is 11.8 Å². The predicted molar refractivity (Wildman–Crippen MR) is 97.9 cm³/mol. The maximum Gasteiger partial charge on any atom is 0.234 e. The summed E-state index contributed by atoms with van der Waals surface area (Å²) in [6.07, 6.45) is 5.40. The molecule has 0 unspecified atom stereocenters. The van der Waals surface area contributed by atoms with Crippen molar-refractivity contribution in [2.45, 2.75) is 25.8 Å². The third-order valence-electron chi connectivity index (χ3n) is 5.29. The number of imide groups is 1. The van der Waals surface area contributed by atoms with E-state index in [0.717, 1.165) is 15.2 Å². The minimum absolute atomic E-state index is 0.0253. The second kappa shape index (κ2) is 6.35. The molecule has 6 heteroatoms. The highest BCUT2D eigenvalue weighted by Crippen LogP contribution is 2.36. The monoisotopic (exact) mass is 355 g/mol. The normalized spacial score (nSPS) is 24.4. The quantitative estimate of drug-likeness (QED) is 0.624. The van der Waals surface area contributed by atoms with Gasteiger partial charge in [-0.1, -0.05) is 24.3 Å². The number of fused-ring (bicyclic) bond motifs is 2. The van der Waals surface area contributed by atoms with Gasteiger partial charge in [-0.3, -0.25) is 19.4 Å². The Kier molecular flexibility index (Phi) is 4.17. The van der Waals surface area contributed by atoms with Crippen molar-refractivity contribution in [3.05, 3.63) is 41.4 Å². The number of hydrogen-bond donors (Lipinski definition) is 0. The Morgan fingerprint density at radius 2 is 1.84 bits per heavy atom. The average Bonchev–Trinajstić information content (AvgIpc) is 3.17. The largest absolute Gasteiger partial charge is 0.279 e. The van der Waals surface area contributed by atoms with Gasteiger partial charge in [-0.05, 0) is 38.9 Å². The maximum atomic E-state index is 12.6. The van der Waals surface area contributed by atoms with Gasteiger partial charge in [-0.15, -0.1) is 11.3 Å². The van der Waals surface area contributed by atoms with Gasteiger partial charge in [0, 0.05) is 0 Å². The van der Waals surface area contributed by atoms with Crippen LogP contribution in [0.15, 0.2) is 36.4 Å². The standard InChI is InChI=1S/C19H21N3O2S/c1-12(17-20-15-9-5-6-10-16(15)25-17)21(2)11-22-18(23)13-7-3-4-8-14(13)19(22)24/h3-6,9-10,12-14H,7-8,11H2,1-2H3/t12-,13+,14+/m1/s1. The highest BCUT2D eigenvalue weighted by atomic mass is 32.1. The molecule has 1 aliphatic carbocycles. The number of amides is 2. The summed E-state index contributed by atoms with van der Waals surface area (Å²) in [6.45, 7) is 2.39. The van der Waals surface area contributed by atoms with Crippen molar-refractivity contribution in [3.8, 4) is 0 Å². The Bertz CT molecular complexity index is 800. The van der Waals surface area contributed by atoms with Gasteiger partial charge < -0.3 is 0 Å². The van der Waals surface area contributed by atoms with Gasteiger partial charge in [0.15, 0.2) is 0 Å². The second-order valence-electron chi connectivity index (χ2n) is 6.85. The molecule has 0 spiro atoms. The fourth-order valence-electron chi connectivity index (χ4n) is 3.61. The zero-order chi connectivity index (χ0) is 17.6. The first-order valence-corrected chi connectivity index (χ1v) is 9.44. The molecule has 0 bridgehead atoms. The van der Waals surface area contributed by atoms with E-state index in [1.807, 2.05) is 42.3 Å². The molecular formula is C19H21N3O2S. The molecule has 2 aliphatic rings. The lowest BCUT2D eigenvalue weighted by molar-refractivity contribution is -0.142. The number of allylic oxidation sites excluding steroid dienone is 2. The Balaban J connectivity index is 1.50. The van der Waals surface area contributed by atoms with Crippen molar-refractivity contribution < 1.29 is 9.59 Å². The molecule has 1 aliphatic heterocycles. The first-order chi connectivity index (χ1) is 12.1. The molecule has 0 saturated carbocycles. The van der Waals surface area contributed by atoms with E-state index in [2.05, 4.69) is 13.0 Å². The SMILES string of the molecule is C[C@H](c1nc2ccccc2s1)N(C)CN1C(=O)[C@H]2CC=CC[C@@H]2C1=O. The van der Waals surface area contributed by atoms with Gasteiger partial charge >= 0.3 is 0 Å². The smallest absolute Gasteiger partial charge is 0.234 e. The molecule has 1 aromatic heterocycles. The molecule has 5 nitrogen and oxygen atoms in total. The molecule has 3 atom stereocenters. The minimum Gasteiger partial charge on any atom is -0.279 e. The van der Waals surface area contributed by atoms with E-state index in [9.17, 15) is 9.59 Å². The van der Waals surface area contributed by atoms with Crippen LogP contribution in [-0.4, -0.2) is 40.3 Å². The summed E-state index contributed by atoms with van der Waals surface area (Å²) in [4.78, 5) is 33.4.